The van der Waals surface area contributed by atoms with Crippen molar-refractivity contribution in [3.63, 3.8) is 0 Å². The van der Waals surface area contributed by atoms with Crippen LogP contribution >= 0.6 is 11.6 Å². The number of anilines is 1. The van der Waals surface area contributed by atoms with E-state index in [9.17, 15) is 4.79 Å². The van der Waals surface area contributed by atoms with E-state index in [2.05, 4.69) is 20.6 Å². The van der Waals surface area contributed by atoms with Gasteiger partial charge < -0.3 is 10.1 Å². The third-order valence-corrected chi connectivity index (χ3v) is 4.68. The summed E-state index contributed by atoms with van der Waals surface area (Å²) in [6.07, 6.45) is 0.357. The first-order chi connectivity index (χ1) is 12.6. The molecule has 1 atom stereocenters. The molecule has 1 unspecified atom stereocenters. The minimum absolute atomic E-state index is 0.0694. The summed E-state index contributed by atoms with van der Waals surface area (Å²) in [7, 11) is 1.53. The zero-order chi connectivity index (χ0) is 18.3. The smallest absolute Gasteiger partial charge is 0.233 e. The van der Waals surface area contributed by atoms with Crippen molar-refractivity contribution in [1.29, 1.82) is 0 Å². The molecule has 0 spiro atoms. The van der Waals surface area contributed by atoms with Gasteiger partial charge in [0.15, 0.2) is 5.82 Å². The lowest BCUT2D eigenvalue weighted by molar-refractivity contribution is -0.116. The maximum Gasteiger partial charge on any atom is 0.233 e. The Hall–Kier alpha value is -2.93. The molecular formula is C18H16ClN5O2. The van der Waals surface area contributed by atoms with E-state index in [1.54, 1.807) is 16.8 Å². The first-order valence-corrected chi connectivity index (χ1v) is 8.47. The number of aryl methyl sites for hydroxylation is 1. The van der Waals surface area contributed by atoms with Crippen LogP contribution in [0.1, 0.15) is 29.2 Å². The Morgan fingerprint density at radius 2 is 1.96 bits per heavy atom. The van der Waals surface area contributed by atoms with Crippen molar-refractivity contribution in [3.05, 3.63) is 58.2 Å². The summed E-state index contributed by atoms with van der Waals surface area (Å²) in [5, 5.41) is 16.3. The van der Waals surface area contributed by atoms with Crippen LogP contribution in [0, 0.1) is 6.92 Å². The normalized spacial score (nSPS) is 16.1. The van der Waals surface area contributed by atoms with Crippen molar-refractivity contribution in [2.45, 2.75) is 19.3 Å². The van der Waals surface area contributed by atoms with Gasteiger partial charge in [-0.15, -0.1) is 10.2 Å². The maximum atomic E-state index is 12.3. The Bertz CT molecular complexity index is 966. The lowest BCUT2D eigenvalue weighted by atomic mass is 9.86. The number of hydrogen-bond donors (Lipinski definition) is 1. The summed E-state index contributed by atoms with van der Waals surface area (Å²) >= 11 is 6.00. The molecule has 0 bridgehead atoms. The first-order valence-electron chi connectivity index (χ1n) is 8.09. The molecule has 132 valence electrons. The largest absolute Gasteiger partial charge is 0.480 e. The van der Waals surface area contributed by atoms with Crippen LogP contribution in [0.3, 0.4) is 0 Å². The van der Waals surface area contributed by atoms with Gasteiger partial charge in [0.1, 0.15) is 5.82 Å². The molecule has 1 aromatic carbocycles. The minimum atomic E-state index is -0.0871. The minimum Gasteiger partial charge on any atom is -0.480 e. The Morgan fingerprint density at radius 3 is 2.62 bits per heavy atom. The molecule has 1 aliphatic heterocycles. The van der Waals surface area contributed by atoms with Crippen LogP contribution < -0.4 is 10.1 Å². The van der Waals surface area contributed by atoms with Gasteiger partial charge in [-0.2, -0.15) is 9.78 Å². The highest BCUT2D eigenvalue weighted by atomic mass is 35.5. The summed E-state index contributed by atoms with van der Waals surface area (Å²) in [5.74, 6) is 1.39. The molecule has 0 fully saturated rings. The fraction of sp³-hybridized carbons (Fsp3) is 0.222. The number of halogens is 1. The molecule has 7 nitrogen and oxygen atoms in total. The summed E-state index contributed by atoms with van der Waals surface area (Å²) < 4.78 is 6.65. The van der Waals surface area contributed by atoms with Crippen LogP contribution in [-0.4, -0.2) is 33.0 Å². The van der Waals surface area contributed by atoms with E-state index >= 15 is 0 Å². The van der Waals surface area contributed by atoms with Gasteiger partial charge in [-0.05, 0) is 30.7 Å². The standard InChI is InChI=1S/C18H16ClN5O2/c1-10-17-13(11-3-5-12(19)6-4-11)9-15(25)20-18(17)24(23-10)14-7-8-16(26-2)22-21-14/h3-8,13H,9H2,1-2H3,(H,20,25). The van der Waals surface area contributed by atoms with Gasteiger partial charge in [-0.25, -0.2) is 0 Å². The summed E-state index contributed by atoms with van der Waals surface area (Å²) in [4.78, 5) is 12.3. The quantitative estimate of drug-likeness (QED) is 0.767. The van der Waals surface area contributed by atoms with Crippen molar-refractivity contribution >= 4 is 23.3 Å². The molecule has 0 saturated carbocycles. The molecule has 3 heterocycles. The third-order valence-electron chi connectivity index (χ3n) is 4.43. The monoisotopic (exact) mass is 369 g/mol. The van der Waals surface area contributed by atoms with Crippen LogP contribution in [0.5, 0.6) is 5.88 Å². The number of benzene rings is 1. The van der Waals surface area contributed by atoms with E-state index in [-0.39, 0.29) is 11.8 Å². The molecule has 0 aliphatic carbocycles. The average Bonchev–Trinajstić information content (AvgIpc) is 2.98. The predicted octanol–water partition coefficient (Wildman–Crippen LogP) is 3.11. The highest BCUT2D eigenvalue weighted by Gasteiger charge is 2.32. The number of nitrogens with zero attached hydrogens (tertiary/aromatic N) is 4. The molecule has 2 aromatic heterocycles. The SMILES string of the molecule is COc1ccc(-n2nc(C)c3c2NC(=O)CC3c2ccc(Cl)cc2)nn1. The van der Waals surface area contributed by atoms with Gasteiger partial charge in [0, 0.05) is 29.0 Å². The molecule has 1 N–H and O–H groups in total. The van der Waals surface area contributed by atoms with Gasteiger partial charge in [0.05, 0.1) is 12.8 Å². The molecule has 4 rings (SSSR count). The van der Waals surface area contributed by atoms with Gasteiger partial charge in [-0.3, -0.25) is 4.79 Å². The van der Waals surface area contributed by atoms with Crippen molar-refractivity contribution in [2.75, 3.05) is 12.4 Å². The number of carbonyl (C=O) groups excluding carboxylic acids is 1. The number of rotatable bonds is 3. The lowest BCUT2D eigenvalue weighted by Crippen LogP contribution is -2.25. The fourth-order valence-corrected chi connectivity index (χ4v) is 3.35. The van der Waals surface area contributed by atoms with Crippen molar-refractivity contribution in [2.24, 2.45) is 0 Å². The number of aromatic nitrogens is 4. The number of ether oxygens (including phenoxy) is 1. The highest BCUT2D eigenvalue weighted by molar-refractivity contribution is 6.30. The van der Waals surface area contributed by atoms with Crippen LogP contribution in [0.4, 0.5) is 5.82 Å². The number of hydrogen-bond acceptors (Lipinski definition) is 5. The molecule has 1 aliphatic rings. The van der Waals surface area contributed by atoms with E-state index in [0.717, 1.165) is 16.8 Å². The van der Waals surface area contributed by atoms with Gasteiger partial charge in [0.2, 0.25) is 11.8 Å². The fourth-order valence-electron chi connectivity index (χ4n) is 3.23. The van der Waals surface area contributed by atoms with E-state index in [4.69, 9.17) is 16.3 Å². The van der Waals surface area contributed by atoms with E-state index in [1.165, 1.54) is 7.11 Å². The second-order valence-corrected chi connectivity index (χ2v) is 6.49. The first kappa shape index (κ1) is 16.5. The van der Waals surface area contributed by atoms with Crippen molar-refractivity contribution in [1.82, 2.24) is 20.0 Å². The van der Waals surface area contributed by atoms with E-state index < -0.39 is 0 Å². The van der Waals surface area contributed by atoms with Crippen LogP contribution in [0.15, 0.2) is 36.4 Å². The van der Waals surface area contributed by atoms with Gasteiger partial charge in [0.25, 0.3) is 0 Å². The van der Waals surface area contributed by atoms with Gasteiger partial charge in [-0.1, -0.05) is 23.7 Å². The molecule has 0 radical (unpaired) electrons. The third kappa shape index (κ3) is 2.80. The Balaban J connectivity index is 1.82. The molecule has 0 saturated heterocycles. The van der Waals surface area contributed by atoms with Crippen LogP contribution in [0.2, 0.25) is 5.02 Å². The van der Waals surface area contributed by atoms with Crippen molar-refractivity contribution < 1.29 is 9.53 Å². The zero-order valence-corrected chi connectivity index (χ0v) is 15.0. The topological polar surface area (TPSA) is 81.9 Å². The molecule has 26 heavy (non-hydrogen) atoms. The summed E-state index contributed by atoms with van der Waals surface area (Å²) in [5.41, 5.74) is 2.83. The summed E-state index contributed by atoms with van der Waals surface area (Å²) in [6, 6.07) is 11.0. The number of methoxy groups -OCH3 is 1. The van der Waals surface area contributed by atoms with E-state index in [1.807, 2.05) is 31.2 Å². The lowest BCUT2D eigenvalue weighted by Gasteiger charge is -2.24. The Morgan fingerprint density at radius 1 is 1.19 bits per heavy atom. The predicted molar refractivity (Wildman–Crippen MR) is 97.0 cm³/mol. The number of nitrogens with one attached hydrogen (secondary N) is 1. The van der Waals surface area contributed by atoms with E-state index in [0.29, 0.717) is 29.0 Å². The number of amides is 1. The average molecular weight is 370 g/mol. The van der Waals surface area contributed by atoms with Crippen LogP contribution in [-0.2, 0) is 4.79 Å². The van der Waals surface area contributed by atoms with Gasteiger partial charge >= 0.3 is 0 Å². The second kappa shape index (κ2) is 6.42. The van der Waals surface area contributed by atoms with Crippen LogP contribution in [0.25, 0.3) is 5.82 Å². The van der Waals surface area contributed by atoms with Crippen molar-refractivity contribution in [3.8, 4) is 11.7 Å². The number of carbonyl (C=O) groups is 1. The Kier molecular flexibility index (Phi) is 4.08. The molecule has 1 amide bonds. The highest BCUT2D eigenvalue weighted by Crippen LogP contribution is 2.40. The number of fused-ring (bicyclic) bond motifs is 1. The second-order valence-electron chi connectivity index (χ2n) is 6.05. The molecular weight excluding hydrogens is 354 g/mol. The zero-order valence-electron chi connectivity index (χ0n) is 14.2. The maximum absolute atomic E-state index is 12.3. The summed E-state index contributed by atoms with van der Waals surface area (Å²) in [6.45, 7) is 1.92. The molecule has 3 aromatic rings. The molecule has 8 heteroatoms. The Labute approximate surface area is 155 Å².